The summed E-state index contributed by atoms with van der Waals surface area (Å²) in [5.74, 6) is -1.00. The number of phenolic OH excluding ortho intramolecular Hbond substituents is 1. The Morgan fingerprint density at radius 1 is 1.31 bits per heavy atom. The van der Waals surface area contributed by atoms with Crippen LogP contribution in [0.2, 0.25) is 0 Å². The van der Waals surface area contributed by atoms with Gasteiger partial charge in [0.2, 0.25) is 0 Å². The van der Waals surface area contributed by atoms with Crippen molar-refractivity contribution in [3.8, 4) is 11.5 Å². The van der Waals surface area contributed by atoms with Gasteiger partial charge in [-0.3, -0.25) is 19.8 Å². The average Bonchev–Trinajstić information content (AvgIpc) is 3.10. The van der Waals surface area contributed by atoms with Crippen LogP contribution >= 0.6 is 22.6 Å². The van der Waals surface area contributed by atoms with E-state index in [9.17, 15) is 19.5 Å². The third-order valence-corrected chi connectivity index (χ3v) is 5.31. The van der Waals surface area contributed by atoms with Gasteiger partial charge in [0.1, 0.15) is 5.57 Å². The number of ether oxygens (including phenoxy) is 1. The minimum Gasteiger partial charge on any atom is -0.504 e. The van der Waals surface area contributed by atoms with E-state index < -0.39 is 17.8 Å². The highest BCUT2D eigenvalue weighted by molar-refractivity contribution is 14.1. The van der Waals surface area contributed by atoms with Gasteiger partial charge in [-0.15, -0.1) is 0 Å². The van der Waals surface area contributed by atoms with Crippen molar-refractivity contribution in [2.75, 3.05) is 6.61 Å². The summed E-state index contributed by atoms with van der Waals surface area (Å²) < 4.78 is 5.92. The number of hydrogen-bond acceptors (Lipinski definition) is 5. The molecular formula is C18H19IN2O5. The Morgan fingerprint density at radius 3 is 2.65 bits per heavy atom. The minimum atomic E-state index is -0.713. The fraction of sp³-hybridized carbons (Fsp3) is 0.389. The second-order valence-corrected chi connectivity index (χ2v) is 7.38. The van der Waals surface area contributed by atoms with E-state index in [4.69, 9.17) is 4.74 Å². The number of amides is 4. The molecule has 2 N–H and O–H groups in total. The summed E-state index contributed by atoms with van der Waals surface area (Å²) in [6, 6.07) is 2.38. The van der Waals surface area contributed by atoms with E-state index in [-0.39, 0.29) is 23.1 Å². The van der Waals surface area contributed by atoms with E-state index in [0.717, 1.165) is 30.6 Å². The number of aromatic hydroxyl groups is 1. The zero-order valence-electron chi connectivity index (χ0n) is 14.3. The number of nitrogens with zero attached hydrogens (tertiary/aromatic N) is 1. The second-order valence-electron chi connectivity index (χ2n) is 6.21. The predicted octanol–water partition coefficient (Wildman–Crippen LogP) is 2.80. The zero-order chi connectivity index (χ0) is 18.8. The number of rotatable bonds is 4. The maximum Gasteiger partial charge on any atom is 0.331 e. The summed E-state index contributed by atoms with van der Waals surface area (Å²) >= 11 is 1.95. The Morgan fingerprint density at radius 2 is 2.00 bits per heavy atom. The van der Waals surface area contributed by atoms with Crippen molar-refractivity contribution < 1.29 is 24.2 Å². The maximum absolute atomic E-state index is 12.8. The molecule has 0 bridgehead atoms. The number of halogens is 1. The third kappa shape index (κ3) is 3.55. The van der Waals surface area contributed by atoms with Crippen LogP contribution in [0.5, 0.6) is 11.5 Å². The molecule has 0 aromatic heterocycles. The molecule has 8 heteroatoms. The predicted molar refractivity (Wildman–Crippen MR) is 103 cm³/mol. The highest BCUT2D eigenvalue weighted by Gasteiger charge is 2.40. The fourth-order valence-electron chi connectivity index (χ4n) is 3.27. The number of imide groups is 2. The van der Waals surface area contributed by atoms with Gasteiger partial charge in [0.15, 0.2) is 11.5 Å². The molecule has 0 spiro atoms. The van der Waals surface area contributed by atoms with Crippen molar-refractivity contribution in [2.45, 2.75) is 38.6 Å². The van der Waals surface area contributed by atoms with Gasteiger partial charge in [-0.2, -0.15) is 0 Å². The highest BCUT2D eigenvalue weighted by Crippen LogP contribution is 2.34. The van der Waals surface area contributed by atoms with Gasteiger partial charge in [0, 0.05) is 6.04 Å². The molecule has 1 aromatic carbocycles. The van der Waals surface area contributed by atoms with Crippen LogP contribution in [0, 0.1) is 3.57 Å². The molecule has 26 heavy (non-hydrogen) atoms. The Balaban J connectivity index is 1.97. The van der Waals surface area contributed by atoms with Gasteiger partial charge in [0.05, 0.1) is 10.2 Å². The van der Waals surface area contributed by atoms with Crippen LogP contribution < -0.4 is 10.1 Å². The summed E-state index contributed by atoms with van der Waals surface area (Å²) in [5.41, 5.74) is 0.440. The number of carbonyl (C=O) groups excluding carboxylic acids is 3. The molecule has 7 nitrogen and oxygen atoms in total. The first-order valence-electron chi connectivity index (χ1n) is 8.48. The number of benzene rings is 1. The lowest BCUT2D eigenvalue weighted by molar-refractivity contribution is -0.131. The van der Waals surface area contributed by atoms with E-state index in [1.807, 2.05) is 22.6 Å². The molecule has 0 atom stereocenters. The van der Waals surface area contributed by atoms with E-state index in [1.165, 1.54) is 6.08 Å². The van der Waals surface area contributed by atoms with Gasteiger partial charge in [-0.25, -0.2) is 4.79 Å². The molecule has 2 aliphatic rings. The SMILES string of the molecule is CCOc1cc(/C=C2\C(=O)NC(=O)N(C3CCCC3)C2=O)cc(I)c1O. The van der Waals surface area contributed by atoms with Crippen LogP contribution in [0.15, 0.2) is 17.7 Å². The van der Waals surface area contributed by atoms with Crippen molar-refractivity contribution in [2.24, 2.45) is 0 Å². The highest BCUT2D eigenvalue weighted by atomic mass is 127. The van der Waals surface area contributed by atoms with Crippen molar-refractivity contribution in [1.29, 1.82) is 0 Å². The number of nitrogens with one attached hydrogen (secondary N) is 1. The summed E-state index contributed by atoms with van der Waals surface area (Å²) in [5, 5.41) is 12.3. The van der Waals surface area contributed by atoms with Crippen molar-refractivity contribution in [1.82, 2.24) is 10.2 Å². The van der Waals surface area contributed by atoms with Gasteiger partial charge in [-0.1, -0.05) is 12.8 Å². The van der Waals surface area contributed by atoms with E-state index in [0.29, 0.717) is 15.7 Å². The normalized spacial score (nSPS) is 20.0. The maximum atomic E-state index is 12.8. The summed E-state index contributed by atoms with van der Waals surface area (Å²) in [7, 11) is 0. The summed E-state index contributed by atoms with van der Waals surface area (Å²) in [6.07, 6.45) is 4.86. The number of hydrogen-bond donors (Lipinski definition) is 2. The van der Waals surface area contributed by atoms with Crippen LogP contribution in [-0.4, -0.2) is 40.5 Å². The molecule has 1 heterocycles. The zero-order valence-corrected chi connectivity index (χ0v) is 16.4. The second kappa shape index (κ2) is 7.65. The smallest absolute Gasteiger partial charge is 0.331 e. The Hall–Kier alpha value is -2.10. The van der Waals surface area contributed by atoms with Crippen LogP contribution in [0.3, 0.4) is 0 Å². The Labute approximate surface area is 164 Å². The number of urea groups is 1. The van der Waals surface area contributed by atoms with Crippen LogP contribution in [0.1, 0.15) is 38.2 Å². The third-order valence-electron chi connectivity index (χ3n) is 4.48. The first kappa shape index (κ1) is 18.7. The average molecular weight is 470 g/mol. The lowest BCUT2D eigenvalue weighted by Gasteiger charge is -2.31. The minimum absolute atomic E-state index is 0.0109. The monoisotopic (exact) mass is 470 g/mol. The summed E-state index contributed by atoms with van der Waals surface area (Å²) in [4.78, 5) is 38.3. The number of phenols is 1. The lowest BCUT2D eigenvalue weighted by Crippen LogP contribution is -2.57. The Bertz CT molecular complexity index is 799. The van der Waals surface area contributed by atoms with E-state index in [2.05, 4.69) is 5.32 Å². The van der Waals surface area contributed by atoms with Gasteiger partial charge >= 0.3 is 6.03 Å². The topological polar surface area (TPSA) is 95.9 Å². The largest absolute Gasteiger partial charge is 0.504 e. The van der Waals surface area contributed by atoms with Crippen molar-refractivity contribution in [3.63, 3.8) is 0 Å². The Kier molecular flexibility index (Phi) is 5.49. The number of carbonyl (C=O) groups is 3. The molecule has 1 aliphatic heterocycles. The molecular weight excluding hydrogens is 451 g/mol. The van der Waals surface area contributed by atoms with Gasteiger partial charge in [-0.05, 0) is 66.1 Å². The molecule has 4 amide bonds. The number of barbiturate groups is 1. The molecule has 1 saturated heterocycles. The molecule has 1 saturated carbocycles. The van der Waals surface area contributed by atoms with E-state index in [1.54, 1.807) is 19.1 Å². The molecule has 0 unspecified atom stereocenters. The van der Waals surface area contributed by atoms with Crippen LogP contribution in [0.25, 0.3) is 6.08 Å². The van der Waals surface area contributed by atoms with Gasteiger partial charge < -0.3 is 9.84 Å². The molecule has 1 aliphatic carbocycles. The molecule has 3 rings (SSSR count). The lowest BCUT2D eigenvalue weighted by atomic mass is 10.0. The fourth-order valence-corrected chi connectivity index (χ4v) is 3.90. The van der Waals surface area contributed by atoms with E-state index >= 15 is 0 Å². The van der Waals surface area contributed by atoms with Crippen LogP contribution in [0.4, 0.5) is 4.79 Å². The van der Waals surface area contributed by atoms with Crippen molar-refractivity contribution >= 4 is 46.5 Å². The molecule has 0 radical (unpaired) electrons. The van der Waals surface area contributed by atoms with Gasteiger partial charge in [0.25, 0.3) is 11.8 Å². The summed E-state index contributed by atoms with van der Waals surface area (Å²) in [6.45, 7) is 2.16. The quantitative estimate of drug-likeness (QED) is 0.401. The standard InChI is InChI=1S/C18H19IN2O5/c1-2-26-14-9-10(8-13(19)15(14)22)7-12-16(23)20-18(25)21(17(12)24)11-5-3-4-6-11/h7-9,11,22H,2-6H2,1H3,(H,20,23,25)/b12-7+. The molecule has 138 valence electrons. The first-order chi connectivity index (χ1) is 12.4. The van der Waals surface area contributed by atoms with Crippen LogP contribution in [-0.2, 0) is 9.59 Å². The molecule has 2 fully saturated rings. The first-order valence-corrected chi connectivity index (χ1v) is 9.56. The molecule has 1 aromatic rings. The van der Waals surface area contributed by atoms with Crippen molar-refractivity contribution in [3.05, 3.63) is 26.8 Å².